The molecule has 4 aromatic rings. The van der Waals surface area contributed by atoms with Crippen LogP contribution >= 0.6 is 11.8 Å². The van der Waals surface area contributed by atoms with Gasteiger partial charge in [0, 0.05) is 29.7 Å². The maximum Gasteiger partial charge on any atom is 0.232 e. The van der Waals surface area contributed by atoms with Crippen LogP contribution in [0.4, 0.5) is 17.6 Å². The molecule has 1 fully saturated rings. The number of nitrogens with one attached hydrogen (secondary N) is 1. The SMILES string of the molecule is CCc1ccccc1Nc1nc(N)nc(CSc2nnc(-c3cccnc3)n2C2CC2)n1. The number of nitrogens with zero attached hydrogens (tertiary/aromatic N) is 7. The fourth-order valence-corrected chi connectivity index (χ4v) is 4.35. The minimum atomic E-state index is 0.187. The molecule has 162 valence electrons. The number of anilines is 3. The molecule has 3 heterocycles. The predicted molar refractivity (Wildman–Crippen MR) is 124 cm³/mol. The number of nitrogens with two attached hydrogens (primary N) is 1. The molecular weight excluding hydrogens is 422 g/mol. The molecule has 0 atom stereocenters. The highest BCUT2D eigenvalue weighted by atomic mass is 32.2. The van der Waals surface area contributed by atoms with Gasteiger partial charge in [0.2, 0.25) is 11.9 Å². The molecule has 0 unspecified atom stereocenters. The second-order valence-electron chi connectivity index (χ2n) is 7.51. The summed E-state index contributed by atoms with van der Waals surface area (Å²) in [4.78, 5) is 17.4. The highest BCUT2D eigenvalue weighted by Gasteiger charge is 2.30. The Morgan fingerprint density at radius 3 is 2.75 bits per heavy atom. The standard InChI is InChI=1S/C22H23N9S/c1-2-14-6-3-4-8-17(14)25-21-27-18(26-20(23)28-21)13-32-22-30-29-19(31(22)16-9-10-16)15-7-5-11-24-12-15/h3-8,11-12,16H,2,9-10,13H2,1H3,(H3,23,25,26,27,28). The van der Waals surface area contributed by atoms with E-state index in [1.165, 1.54) is 5.56 Å². The minimum absolute atomic E-state index is 0.187. The lowest BCUT2D eigenvalue weighted by Gasteiger charge is -2.11. The van der Waals surface area contributed by atoms with Crippen molar-refractivity contribution in [3.8, 4) is 11.4 Å². The third kappa shape index (κ3) is 4.40. The largest absolute Gasteiger partial charge is 0.368 e. The van der Waals surface area contributed by atoms with Gasteiger partial charge >= 0.3 is 0 Å². The second kappa shape index (κ2) is 8.91. The smallest absolute Gasteiger partial charge is 0.232 e. The van der Waals surface area contributed by atoms with Crippen LogP contribution in [-0.4, -0.2) is 34.7 Å². The van der Waals surface area contributed by atoms with Gasteiger partial charge in [-0.05, 0) is 43.0 Å². The first-order chi connectivity index (χ1) is 15.7. The van der Waals surface area contributed by atoms with Crippen LogP contribution in [0.15, 0.2) is 53.9 Å². The topological polar surface area (TPSA) is 120 Å². The Bertz CT molecular complexity index is 1220. The van der Waals surface area contributed by atoms with Crippen LogP contribution in [0, 0.1) is 0 Å². The molecule has 32 heavy (non-hydrogen) atoms. The lowest BCUT2D eigenvalue weighted by Crippen LogP contribution is -2.08. The van der Waals surface area contributed by atoms with Gasteiger partial charge in [-0.1, -0.05) is 36.9 Å². The van der Waals surface area contributed by atoms with E-state index in [1.807, 2.05) is 36.5 Å². The first kappa shape index (κ1) is 20.4. The molecule has 0 radical (unpaired) electrons. The first-order valence-corrected chi connectivity index (χ1v) is 11.5. The van der Waals surface area contributed by atoms with Crippen LogP contribution in [-0.2, 0) is 12.2 Å². The van der Waals surface area contributed by atoms with Gasteiger partial charge < -0.3 is 11.1 Å². The number of rotatable bonds is 8. The summed E-state index contributed by atoms with van der Waals surface area (Å²) in [5, 5.41) is 13.0. The molecule has 5 rings (SSSR count). The molecule has 9 nitrogen and oxygen atoms in total. The zero-order chi connectivity index (χ0) is 21.9. The number of thioether (sulfide) groups is 1. The summed E-state index contributed by atoms with van der Waals surface area (Å²) in [6.45, 7) is 2.11. The van der Waals surface area contributed by atoms with Crippen molar-refractivity contribution in [2.24, 2.45) is 0 Å². The van der Waals surface area contributed by atoms with Gasteiger partial charge in [-0.2, -0.15) is 15.0 Å². The fraction of sp³-hybridized carbons (Fsp3) is 0.273. The number of hydrogen-bond acceptors (Lipinski definition) is 9. The third-order valence-corrected chi connectivity index (χ3v) is 6.11. The van der Waals surface area contributed by atoms with Crippen LogP contribution in [0.5, 0.6) is 0 Å². The molecule has 10 heteroatoms. The zero-order valence-corrected chi connectivity index (χ0v) is 18.5. The number of pyridine rings is 1. The Kier molecular flexibility index (Phi) is 5.68. The van der Waals surface area contributed by atoms with Crippen LogP contribution in [0.25, 0.3) is 11.4 Å². The van der Waals surface area contributed by atoms with E-state index in [-0.39, 0.29) is 5.95 Å². The van der Waals surface area contributed by atoms with Gasteiger partial charge in [0.15, 0.2) is 11.0 Å². The van der Waals surface area contributed by atoms with Crippen LogP contribution < -0.4 is 11.1 Å². The zero-order valence-electron chi connectivity index (χ0n) is 17.6. The number of aryl methyl sites for hydroxylation is 1. The van der Waals surface area contributed by atoms with E-state index in [4.69, 9.17) is 5.73 Å². The van der Waals surface area contributed by atoms with E-state index in [2.05, 4.69) is 53.0 Å². The molecule has 1 aliphatic rings. The van der Waals surface area contributed by atoms with Crippen molar-refractivity contribution in [2.75, 3.05) is 11.1 Å². The summed E-state index contributed by atoms with van der Waals surface area (Å²) in [5.74, 6) is 2.57. The van der Waals surface area contributed by atoms with Crippen molar-refractivity contribution in [1.82, 2.24) is 34.7 Å². The Morgan fingerprint density at radius 1 is 1.09 bits per heavy atom. The summed E-state index contributed by atoms with van der Waals surface area (Å²) < 4.78 is 2.20. The van der Waals surface area contributed by atoms with Crippen molar-refractivity contribution in [3.63, 3.8) is 0 Å². The summed E-state index contributed by atoms with van der Waals surface area (Å²) in [5.41, 5.74) is 9.08. The van der Waals surface area contributed by atoms with E-state index in [0.29, 0.717) is 23.6 Å². The van der Waals surface area contributed by atoms with Crippen LogP contribution in [0.1, 0.15) is 37.2 Å². The lowest BCUT2D eigenvalue weighted by atomic mass is 10.1. The highest BCUT2D eigenvalue weighted by Crippen LogP contribution is 2.41. The van der Waals surface area contributed by atoms with Crippen molar-refractivity contribution in [3.05, 3.63) is 60.2 Å². The lowest BCUT2D eigenvalue weighted by molar-refractivity contribution is 0.669. The molecule has 3 N–H and O–H groups in total. The molecule has 3 aromatic heterocycles. The van der Waals surface area contributed by atoms with E-state index >= 15 is 0 Å². The Hall–Kier alpha value is -3.53. The van der Waals surface area contributed by atoms with E-state index in [9.17, 15) is 0 Å². The molecule has 1 aromatic carbocycles. The fourth-order valence-electron chi connectivity index (χ4n) is 3.49. The normalized spacial score (nSPS) is 13.3. The number of aromatic nitrogens is 7. The maximum absolute atomic E-state index is 5.97. The third-order valence-electron chi connectivity index (χ3n) is 5.17. The average Bonchev–Trinajstić information content (AvgIpc) is 3.57. The number of hydrogen-bond donors (Lipinski definition) is 2. The maximum atomic E-state index is 5.97. The Balaban J connectivity index is 1.36. The quantitative estimate of drug-likeness (QED) is 0.387. The van der Waals surface area contributed by atoms with Crippen molar-refractivity contribution in [2.45, 2.75) is 43.1 Å². The van der Waals surface area contributed by atoms with Gasteiger partial charge in [-0.3, -0.25) is 9.55 Å². The predicted octanol–water partition coefficient (Wildman–Crippen LogP) is 4.04. The molecule has 0 bridgehead atoms. The van der Waals surface area contributed by atoms with E-state index in [1.54, 1.807) is 18.0 Å². The van der Waals surface area contributed by atoms with E-state index in [0.717, 1.165) is 41.5 Å². The number of para-hydroxylation sites is 1. The summed E-state index contributed by atoms with van der Waals surface area (Å²) in [6.07, 6.45) is 6.73. The first-order valence-electron chi connectivity index (χ1n) is 10.5. The molecule has 0 aliphatic heterocycles. The number of benzene rings is 1. The van der Waals surface area contributed by atoms with Crippen LogP contribution in [0.3, 0.4) is 0 Å². The minimum Gasteiger partial charge on any atom is -0.368 e. The second-order valence-corrected chi connectivity index (χ2v) is 8.45. The molecular formula is C22H23N9S. The molecule has 0 spiro atoms. The summed E-state index contributed by atoms with van der Waals surface area (Å²) in [7, 11) is 0. The van der Waals surface area contributed by atoms with Crippen LogP contribution in [0.2, 0.25) is 0 Å². The van der Waals surface area contributed by atoms with Crippen molar-refractivity contribution < 1.29 is 0 Å². The van der Waals surface area contributed by atoms with Gasteiger partial charge in [0.1, 0.15) is 5.82 Å². The van der Waals surface area contributed by atoms with E-state index < -0.39 is 0 Å². The summed E-state index contributed by atoms with van der Waals surface area (Å²) >= 11 is 1.55. The molecule has 0 saturated heterocycles. The van der Waals surface area contributed by atoms with Gasteiger partial charge in [-0.25, -0.2) is 0 Å². The average molecular weight is 446 g/mol. The molecule has 1 aliphatic carbocycles. The van der Waals surface area contributed by atoms with Gasteiger partial charge in [0.05, 0.1) is 5.75 Å². The molecule has 1 saturated carbocycles. The van der Waals surface area contributed by atoms with Crippen molar-refractivity contribution >= 4 is 29.3 Å². The van der Waals surface area contributed by atoms with Gasteiger partial charge in [-0.15, -0.1) is 10.2 Å². The Morgan fingerprint density at radius 2 is 1.97 bits per heavy atom. The van der Waals surface area contributed by atoms with Gasteiger partial charge in [0.25, 0.3) is 0 Å². The molecule has 0 amide bonds. The monoisotopic (exact) mass is 445 g/mol. The number of nitrogen functional groups attached to an aromatic ring is 1. The highest BCUT2D eigenvalue weighted by molar-refractivity contribution is 7.98. The summed E-state index contributed by atoms with van der Waals surface area (Å²) in [6, 6.07) is 12.4. The Labute approximate surface area is 190 Å². The van der Waals surface area contributed by atoms with Crippen molar-refractivity contribution in [1.29, 1.82) is 0 Å².